The summed E-state index contributed by atoms with van der Waals surface area (Å²) in [7, 11) is 0. The molecule has 4 N–H and O–H groups in total. The number of hydrogen-bond donors (Lipinski definition) is 4. The summed E-state index contributed by atoms with van der Waals surface area (Å²) < 4.78 is 2.14. The van der Waals surface area contributed by atoms with Crippen molar-refractivity contribution in [3.05, 3.63) is 65.3 Å². The predicted octanol–water partition coefficient (Wildman–Crippen LogP) is 4.58. The molecule has 200 valence electrons. The van der Waals surface area contributed by atoms with Crippen LogP contribution >= 0.6 is 11.6 Å². The van der Waals surface area contributed by atoms with Crippen LogP contribution in [0.15, 0.2) is 54.6 Å². The molecule has 0 atom stereocenters. The van der Waals surface area contributed by atoms with Crippen LogP contribution in [0.1, 0.15) is 25.0 Å². The molecule has 1 aliphatic rings. The van der Waals surface area contributed by atoms with Gasteiger partial charge in [-0.1, -0.05) is 23.7 Å². The minimum Gasteiger partial charge on any atom is -0.507 e. The Labute approximate surface area is 228 Å². The van der Waals surface area contributed by atoms with Crippen LogP contribution in [0, 0.1) is 17.2 Å². The Morgan fingerprint density at radius 1 is 1.10 bits per heavy atom. The standard InChI is InChI=1S/C24H22ClN5O.C4H4O4/c25-16-5-6-17-19(13-16)28-20(14-26)22-23(17)30(12-9-15-7-10-27-11-8-15)24(29-22)18-3-1-2-4-21(18)31;5-3(6)1-2-4(7)8/h1-6,13,15,27,31H,7-12H2;1-2H,(H,5,6)(H,7,8)/b;2-1+. The van der Waals surface area contributed by atoms with Crippen molar-refractivity contribution in [3.8, 4) is 23.2 Å². The van der Waals surface area contributed by atoms with E-state index >= 15 is 0 Å². The molecule has 0 aliphatic carbocycles. The van der Waals surface area contributed by atoms with Crippen molar-refractivity contribution in [2.24, 2.45) is 5.92 Å². The Balaban J connectivity index is 0.000000386. The van der Waals surface area contributed by atoms with Gasteiger partial charge in [0, 0.05) is 29.1 Å². The van der Waals surface area contributed by atoms with Crippen molar-refractivity contribution in [2.75, 3.05) is 13.1 Å². The van der Waals surface area contributed by atoms with E-state index in [1.807, 2.05) is 24.3 Å². The number of imidazole rings is 1. The molecular formula is C28H26ClN5O5. The van der Waals surface area contributed by atoms with Gasteiger partial charge in [-0.3, -0.25) is 0 Å². The number of hydrogen-bond acceptors (Lipinski definition) is 7. The number of carboxylic acid groups (broad SMARTS) is 2. The topological polar surface area (TPSA) is 161 Å². The Hall–Kier alpha value is -4.46. The van der Waals surface area contributed by atoms with Crippen LogP contribution in [0.2, 0.25) is 5.02 Å². The molecule has 5 rings (SSSR count). The van der Waals surface area contributed by atoms with E-state index in [2.05, 4.69) is 20.9 Å². The first-order valence-electron chi connectivity index (χ1n) is 12.3. The van der Waals surface area contributed by atoms with Crippen LogP contribution in [-0.2, 0) is 16.1 Å². The van der Waals surface area contributed by atoms with Gasteiger partial charge in [0.15, 0.2) is 5.69 Å². The maximum atomic E-state index is 10.5. The number of nitrogens with one attached hydrogen (secondary N) is 1. The molecule has 4 aromatic rings. The first-order valence-corrected chi connectivity index (χ1v) is 12.7. The van der Waals surface area contributed by atoms with E-state index in [1.165, 1.54) is 0 Å². The Kier molecular flexibility index (Phi) is 8.76. The molecule has 0 radical (unpaired) electrons. The van der Waals surface area contributed by atoms with Crippen LogP contribution < -0.4 is 5.32 Å². The van der Waals surface area contributed by atoms with Gasteiger partial charge >= 0.3 is 11.9 Å². The number of para-hydroxylation sites is 1. The maximum absolute atomic E-state index is 10.5. The number of carbonyl (C=O) groups is 2. The van der Waals surface area contributed by atoms with Gasteiger partial charge in [0.05, 0.1) is 16.6 Å². The highest BCUT2D eigenvalue weighted by Gasteiger charge is 2.22. The monoisotopic (exact) mass is 547 g/mol. The van der Waals surface area contributed by atoms with Gasteiger partial charge in [0.1, 0.15) is 23.2 Å². The van der Waals surface area contributed by atoms with Crippen LogP contribution in [0.4, 0.5) is 0 Å². The summed E-state index contributed by atoms with van der Waals surface area (Å²) in [6.07, 6.45) is 4.43. The summed E-state index contributed by atoms with van der Waals surface area (Å²) in [6.45, 7) is 2.84. The Morgan fingerprint density at radius 3 is 2.44 bits per heavy atom. The number of rotatable bonds is 6. The number of benzene rings is 2. The maximum Gasteiger partial charge on any atom is 0.328 e. The quantitative estimate of drug-likeness (QED) is 0.253. The second kappa shape index (κ2) is 12.4. The molecule has 0 unspecified atom stereocenters. The van der Waals surface area contributed by atoms with Crippen molar-refractivity contribution in [1.82, 2.24) is 19.9 Å². The van der Waals surface area contributed by atoms with Gasteiger partial charge in [-0.05, 0) is 68.6 Å². The molecule has 1 fully saturated rings. The van der Waals surface area contributed by atoms with Crippen LogP contribution in [-0.4, -0.2) is 54.9 Å². The lowest BCUT2D eigenvalue weighted by atomic mass is 9.94. The minimum atomic E-state index is -1.26. The van der Waals surface area contributed by atoms with Gasteiger partial charge in [0.2, 0.25) is 0 Å². The summed E-state index contributed by atoms with van der Waals surface area (Å²) in [4.78, 5) is 28.4. The van der Waals surface area contributed by atoms with Gasteiger partial charge in [-0.25, -0.2) is 19.6 Å². The van der Waals surface area contributed by atoms with E-state index < -0.39 is 11.9 Å². The third kappa shape index (κ3) is 6.52. The lowest BCUT2D eigenvalue weighted by molar-refractivity contribution is -0.134. The summed E-state index contributed by atoms with van der Waals surface area (Å²) in [5, 5.41) is 40.8. The van der Waals surface area contributed by atoms with Crippen LogP contribution in [0.5, 0.6) is 5.75 Å². The number of aromatic hydroxyl groups is 1. The third-order valence-electron chi connectivity index (χ3n) is 6.48. The zero-order chi connectivity index (χ0) is 27.9. The number of carboxylic acids is 2. The zero-order valence-corrected chi connectivity index (χ0v) is 21.6. The predicted molar refractivity (Wildman–Crippen MR) is 146 cm³/mol. The molecular weight excluding hydrogens is 522 g/mol. The van der Waals surface area contributed by atoms with E-state index in [4.69, 9.17) is 26.8 Å². The molecule has 0 amide bonds. The number of aliphatic carboxylic acids is 2. The van der Waals surface area contributed by atoms with Crippen molar-refractivity contribution in [2.45, 2.75) is 25.8 Å². The number of phenols is 1. The molecule has 10 nitrogen and oxygen atoms in total. The van der Waals surface area contributed by atoms with Gasteiger partial charge < -0.3 is 25.2 Å². The molecule has 1 saturated heterocycles. The normalized spacial score (nSPS) is 13.7. The largest absolute Gasteiger partial charge is 0.507 e. The smallest absolute Gasteiger partial charge is 0.328 e. The summed E-state index contributed by atoms with van der Waals surface area (Å²) >= 11 is 6.21. The second-order valence-corrected chi connectivity index (χ2v) is 9.46. The molecule has 39 heavy (non-hydrogen) atoms. The fourth-order valence-electron chi connectivity index (χ4n) is 4.65. The Bertz CT molecular complexity index is 1590. The number of piperidine rings is 1. The van der Waals surface area contributed by atoms with E-state index in [-0.39, 0.29) is 11.4 Å². The van der Waals surface area contributed by atoms with Crippen molar-refractivity contribution < 1.29 is 24.9 Å². The number of fused-ring (bicyclic) bond motifs is 3. The fraction of sp³-hybridized carbons (Fsp3) is 0.250. The van der Waals surface area contributed by atoms with Gasteiger partial charge in [-0.2, -0.15) is 5.26 Å². The number of halogens is 1. The van der Waals surface area contributed by atoms with E-state index in [1.54, 1.807) is 18.2 Å². The molecule has 1 aliphatic heterocycles. The van der Waals surface area contributed by atoms with Crippen molar-refractivity contribution in [3.63, 3.8) is 0 Å². The fourth-order valence-corrected chi connectivity index (χ4v) is 4.82. The average Bonchev–Trinajstić information content (AvgIpc) is 3.30. The molecule has 2 aromatic heterocycles. The van der Waals surface area contributed by atoms with E-state index in [9.17, 15) is 20.0 Å². The average molecular weight is 548 g/mol. The molecule has 3 heterocycles. The summed E-state index contributed by atoms with van der Waals surface area (Å²) in [6, 6.07) is 14.9. The molecule has 0 saturated carbocycles. The Morgan fingerprint density at radius 2 is 1.79 bits per heavy atom. The number of nitriles is 1. The minimum absolute atomic E-state index is 0.166. The number of nitrogens with zero attached hydrogens (tertiary/aromatic N) is 4. The highest BCUT2D eigenvalue weighted by atomic mass is 35.5. The van der Waals surface area contributed by atoms with Crippen molar-refractivity contribution >= 4 is 45.5 Å². The molecule has 11 heteroatoms. The molecule has 0 spiro atoms. The summed E-state index contributed by atoms with van der Waals surface area (Å²) in [5.74, 6) is -1.06. The van der Waals surface area contributed by atoms with Crippen LogP contribution in [0.25, 0.3) is 33.3 Å². The molecule has 0 bridgehead atoms. The first kappa shape index (κ1) is 27.6. The zero-order valence-electron chi connectivity index (χ0n) is 20.8. The third-order valence-corrected chi connectivity index (χ3v) is 6.71. The number of phenolic OH excluding ortho intramolecular Hbond substituents is 1. The summed E-state index contributed by atoms with van der Waals surface area (Å²) in [5.41, 5.74) is 3.01. The number of pyridine rings is 1. The second-order valence-electron chi connectivity index (χ2n) is 9.03. The van der Waals surface area contributed by atoms with Gasteiger partial charge in [0.25, 0.3) is 0 Å². The number of aromatic nitrogens is 3. The number of aryl methyl sites for hydroxylation is 1. The molecule has 2 aromatic carbocycles. The van der Waals surface area contributed by atoms with Gasteiger partial charge in [-0.15, -0.1) is 0 Å². The SMILES string of the molecule is N#Cc1nc2cc(Cl)ccc2c2c1nc(-c1ccccc1O)n2CCC1CCNCC1.O=C(O)/C=C/C(=O)O. The van der Waals surface area contributed by atoms with Crippen LogP contribution in [0.3, 0.4) is 0 Å². The highest BCUT2D eigenvalue weighted by Crippen LogP contribution is 2.36. The first-order chi connectivity index (χ1) is 18.8. The van der Waals surface area contributed by atoms with Crippen molar-refractivity contribution in [1.29, 1.82) is 5.26 Å². The highest BCUT2D eigenvalue weighted by molar-refractivity contribution is 6.31. The lowest BCUT2D eigenvalue weighted by Crippen LogP contribution is -2.28. The lowest BCUT2D eigenvalue weighted by Gasteiger charge is -2.23. The van der Waals surface area contributed by atoms with E-state index in [0.29, 0.717) is 45.5 Å². The van der Waals surface area contributed by atoms with E-state index in [0.717, 1.165) is 49.8 Å².